The Labute approximate surface area is 71.2 Å². The second-order valence-corrected chi connectivity index (χ2v) is 8.63. The molecule has 7 heteroatoms. The highest BCUT2D eigenvalue weighted by Crippen LogP contribution is 1.87. The van der Waals surface area contributed by atoms with Crippen LogP contribution in [0.1, 0.15) is 0 Å². The Bertz CT molecular complexity index is 89.8. The van der Waals surface area contributed by atoms with Gasteiger partial charge in [-0.05, 0) is 0 Å². The van der Waals surface area contributed by atoms with Crippen molar-refractivity contribution in [2.75, 3.05) is 0 Å². The Morgan fingerprint density at radius 2 is 2.30 bits per heavy atom. The molecule has 0 N–H and O–H groups in total. The Morgan fingerprint density at radius 1 is 1.60 bits per heavy atom. The first-order valence-corrected chi connectivity index (χ1v) is 8.77. The van der Waals surface area contributed by atoms with Gasteiger partial charge in [0.05, 0.1) is 0 Å². The molecule has 0 heterocycles. The van der Waals surface area contributed by atoms with Crippen LogP contribution in [0.2, 0.25) is 6.55 Å². The first-order valence-electron chi connectivity index (χ1n) is 3.19. The number of hydrogen-bond donors (Lipinski definition) is 0. The molecule has 0 fully saturated rings. The monoisotopic (exact) mass is 210 g/mol. The van der Waals surface area contributed by atoms with E-state index in [1.165, 1.54) is 0 Å². The van der Waals surface area contributed by atoms with Gasteiger partial charge in [0.25, 0.3) is 10.0 Å². The van der Waals surface area contributed by atoms with Crippen LogP contribution in [0.25, 0.3) is 0 Å². The molecule has 1 atom stereocenters. The average Bonchev–Trinajstić information content (AvgIpc) is 1.98. The van der Waals surface area contributed by atoms with E-state index < -0.39 is 19.3 Å². The minimum absolute atomic E-state index is 0.329. The van der Waals surface area contributed by atoms with Crippen molar-refractivity contribution in [3.8, 4) is 0 Å². The first-order chi connectivity index (χ1) is 4.85. The fraction of sp³-hybridized carbons (Fsp3) is 0.333. The van der Waals surface area contributed by atoms with Gasteiger partial charge < -0.3 is 12.3 Å². The minimum atomic E-state index is -1.45. The summed E-state index contributed by atoms with van der Waals surface area (Å²) in [6.45, 7) is 5.74. The van der Waals surface area contributed by atoms with E-state index in [0.717, 1.165) is 10.5 Å². The van der Waals surface area contributed by atoms with Gasteiger partial charge in [0.15, 0.2) is 0 Å². The molecule has 0 bridgehead atoms. The third-order valence-corrected chi connectivity index (χ3v) is 6.71. The van der Waals surface area contributed by atoms with Crippen molar-refractivity contribution >= 4 is 39.5 Å². The van der Waals surface area contributed by atoms with Crippen molar-refractivity contribution in [2.24, 2.45) is 0 Å². The zero-order valence-electron chi connectivity index (χ0n) is 6.50. The van der Waals surface area contributed by atoms with E-state index in [-0.39, 0.29) is 9.76 Å². The maximum atomic E-state index is 5.40. The summed E-state index contributed by atoms with van der Waals surface area (Å²) in [6, 6.07) is 0. The molecule has 0 aliphatic heterocycles. The lowest BCUT2D eigenvalue weighted by molar-refractivity contribution is 0.422. The lowest BCUT2D eigenvalue weighted by atomic mass is 11.3. The van der Waals surface area contributed by atoms with Crippen LogP contribution in [-0.4, -0.2) is 39.5 Å². The largest absolute Gasteiger partial charge is 0.449 e. The van der Waals surface area contributed by atoms with Crippen molar-refractivity contribution in [1.82, 2.24) is 0 Å². The van der Waals surface area contributed by atoms with Gasteiger partial charge >= 0.3 is 9.28 Å². The molecule has 0 aliphatic rings. The fourth-order valence-corrected chi connectivity index (χ4v) is 6.44. The molecule has 0 radical (unpaired) electrons. The van der Waals surface area contributed by atoms with E-state index in [9.17, 15) is 0 Å². The lowest BCUT2D eigenvalue weighted by Gasteiger charge is -2.10. The van der Waals surface area contributed by atoms with Crippen LogP contribution in [0.4, 0.5) is 0 Å². The maximum Gasteiger partial charge on any atom is 0.327 e. The van der Waals surface area contributed by atoms with Crippen LogP contribution in [0.15, 0.2) is 12.3 Å². The molecule has 0 saturated carbocycles. The minimum Gasteiger partial charge on any atom is -0.449 e. The molecule has 60 valence electrons. The van der Waals surface area contributed by atoms with E-state index in [1.807, 2.05) is 5.70 Å². The van der Waals surface area contributed by atoms with E-state index in [1.54, 1.807) is 0 Å². The van der Waals surface area contributed by atoms with E-state index >= 15 is 0 Å². The van der Waals surface area contributed by atoms with E-state index in [2.05, 4.69) is 13.1 Å². The van der Waals surface area contributed by atoms with Gasteiger partial charge in [-0.15, -0.1) is 6.58 Å². The Kier molecular flexibility index (Phi) is 7.96. The summed E-state index contributed by atoms with van der Waals surface area (Å²) in [5, 5.41) is 0. The van der Waals surface area contributed by atoms with Gasteiger partial charge in [0, 0.05) is 0 Å². The van der Waals surface area contributed by atoms with Gasteiger partial charge in [0.2, 0.25) is 0 Å². The summed E-state index contributed by atoms with van der Waals surface area (Å²) in [5.74, 6) is 0. The molecule has 0 saturated heterocycles. The second kappa shape index (κ2) is 7.59. The molecule has 0 spiro atoms. The highest BCUT2D eigenvalue weighted by Gasteiger charge is 2.04. The van der Waals surface area contributed by atoms with Crippen molar-refractivity contribution in [3.63, 3.8) is 0 Å². The summed E-state index contributed by atoms with van der Waals surface area (Å²) in [6.07, 6.45) is 0. The SMILES string of the molecule is C=C[SiH](O[SiH2]C)O[SiH2]O[SiH3]. The number of hydrogen-bond acceptors (Lipinski definition) is 3. The quantitative estimate of drug-likeness (QED) is 0.450. The number of rotatable bonds is 6. The Morgan fingerprint density at radius 3 is 2.70 bits per heavy atom. The van der Waals surface area contributed by atoms with Gasteiger partial charge in [0.1, 0.15) is 20.2 Å². The summed E-state index contributed by atoms with van der Waals surface area (Å²) < 4.78 is 15.8. The topological polar surface area (TPSA) is 27.7 Å². The molecular formula is C3H14O3Si4. The highest BCUT2D eigenvalue weighted by atomic mass is 28.4. The van der Waals surface area contributed by atoms with Gasteiger partial charge in [-0.2, -0.15) is 0 Å². The molecule has 1 unspecified atom stereocenters. The zero-order chi connectivity index (χ0) is 7.82. The van der Waals surface area contributed by atoms with Crippen LogP contribution in [0.5, 0.6) is 0 Å². The Hall–Kier alpha value is 0.488. The van der Waals surface area contributed by atoms with E-state index in [0.29, 0.717) is 0 Å². The fourth-order valence-electron chi connectivity index (χ4n) is 0.484. The van der Waals surface area contributed by atoms with Gasteiger partial charge in [-0.1, -0.05) is 12.2 Å². The first kappa shape index (κ1) is 10.5. The van der Waals surface area contributed by atoms with Crippen molar-refractivity contribution in [1.29, 1.82) is 0 Å². The van der Waals surface area contributed by atoms with Gasteiger partial charge in [-0.3, -0.25) is 0 Å². The molecule has 3 nitrogen and oxygen atoms in total. The third-order valence-electron chi connectivity index (χ3n) is 0.874. The van der Waals surface area contributed by atoms with Crippen LogP contribution < -0.4 is 0 Å². The van der Waals surface area contributed by atoms with Crippen molar-refractivity contribution in [3.05, 3.63) is 12.3 Å². The molecule has 0 aliphatic carbocycles. The maximum absolute atomic E-state index is 5.40. The zero-order valence-corrected chi connectivity index (χ0v) is 12.5. The average molecular weight is 210 g/mol. The highest BCUT2D eigenvalue weighted by molar-refractivity contribution is 6.61. The molecule has 0 aromatic carbocycles. The normalized spacial score (nSPS) is 15.7. The Balaban J connectivity index is 3.29. The predicted octanol–water partition coefficient (Wildman–Crippen LogP) is -2.61. The molecule has 10 heavy (non-hydrogen) atoms. The predicted molar refractivity (Wildman–Crippen MR) is 53.5 cm³/mol. The smallest absolute Gasteiger partial charge is 0.327 e. The summed E-state index contributed by atoms with van der Waals surface area (Å²) in [7, 11) is -1.70. The summed E-state index contributed by atoms with van der Waals surface area (Å²) in [4.78, 5) is 0. The molecule has 0 aromatic heterocycles. The van der Waals surface area contributed by atoms with Crippen LogP contribution in [0, 0.1) is 0 Å². The standard InChI is InChI=1S/C3H14O3Si4/c1-3-10(5-8-2)6-9-4-7/h3,10H,1,8-9H2,2,7H3. The van der Waals surface area contributed by atoms with Crippen molar-refractivity contribution in [2.45, 2.75) is 6.55 Å². The molecule has 0 amide bonds. The molecule has 0 rings (SSSR count). The summed E-state index contributed by atoms with van der Waals surface area (Å²) in [5.41, 5.74) is 1.81. The van der Waals surface area contributed by atoms with Crippen LogP contribution in [0.3, 0.4) is 0 Å². The van der Waals surface area contributed by atoms with Gasteiger partial charge in [-0.25, -0.2) is 0 Å². The van der Waals surface area contributed by atoms with Crippen LogP contribution >= 0.6 is 0 Å². The summed E-state index contributed by atoms with van der Waals surface area (Å²) >= 11 is 0. The second-order valence-electron chi connectivity index (χ2n) is 1.63. The molecular weight excluding hydrogens is 196 g/mol. The van der Waals surface area contributed by atoms with Crippen molar-refractivity contribution < 1.29 is 12.3 Å². The molecule has 0 aromatic rings. The van der Waals surface area contributed by atoms with E-state index in [4.69, 9.17) is 12.3 Å². The van der Waals surface area contributed by atoms with Crippen LogP contribution in [-0.2, 0) is 12.3 Å². The third kappa shape index (κ3) is 5.29. The lowest BCUT2D eigenvalue weighted by Crippen LogP contribution is -2.24.